The number of rotatable bonds is 2. The maximum atomic E-state index is 6.03. The molecule has 0 spiro atoms. The Bertz CT molecular complexity index is 359. The van der Waals surface area contributed by atoms with Crippen LogP contribution in [0, 0.1) is 0 Å². The van der Waals surface area contributed by atoms with E-state index >= 15 is 0 Å². The minimum atomic E-state index is 0.0781. The number of benzene rings is 1. The quantitative estimate of drug-likeness (QED) is 0.847. The zero-order valence-corrected chi connectivity index (χ0v) is 10.3. The highest BCUT2D eigenvalue weighted by Crippen LogP contribution is 2.38. The van der Waals surface area contributed by atoms with E-state index < -0.39 is 0 Å². The molecule has 0 saturated heterocycles. The fourth-order valence-electron chi connectivity index (χ4n) is 1.55. The van der Waals surface area contributed by atoms with Crippen molar-refractivity contribution in [2.24, 2.45) is 0 Å². The molecule has 1 unspecified atom stereocenters. The van der Waals surface area contributed by atoms with Crippen LogP contribution >= 0.6 is 39.3 Å². The van der Waals surface area contributed by atoms with Crippen LogP contribution in [0.15, 0.2) is 16.6 Å². The van der Waals surface area contributed by atoms with E-state index in [-0.39, 0.29) is 6.10 Å². The second-order valence-electron chi connectivity index (χ2n) is 3.16. The average molecular weight is 297 g/mol. The van der Waals surface area contributed by atoms with Gasteiger partial charge < -0.3 is 4.74 Å². The molecule has 1 heterocycles. The van der Waals surface area contributed by atoms with Crippen molar-refractivity contribution in [3.63, 3.8) is 0 Å². The van der Waals surface area contributed by atoms with Gasteiger partial charge in [0, 0.05) is 23.0 Å². The van der Waals surface area contributed by atoms with Gasteiger partial charge in [-0.3, -0.25) is 0 Å². The van der Waals surface area contributed by atoms with Crippen LogP contribution in [0.2, 0.25) is 5.02 Å². The van der Waals surface area contributed by atoms with Crippen LogP contribution in [-0.4, -0.2) is 12.6 Å². The second kappa shape index (κ2) is 4.27. The van der Waals surface area contributed by atoms with Gasteiger partial charge in [0.25, 0.3) is 0 Å². The highest BCUT2D eigenvalue weighted by Gasteiger charge is 2.25. The van der Waals surface area contributed by atoms with E-state index in [1.807, 2.05) is 12.1 Å². The summed E-state index contributed by atoms with van der Waals surface area (Å²) in [6, 6.07) is 3.85. The van der Waals surface area contributed by atoms with Crippen molar-refractivity contribution in [3.8, 4) is 5.75 Å². The molecule has 2 rings (SSSR count). The first-order valence-electron chi connectivity index (χ1n) is 4.19. The summed E-state index contributed by atoms with van der Waals surface area (Å²) in [6.07, 6.45) is 0.920. The van der Waals surface area contributed by atoms with Crippen molar-refractivity contribution < 1.29 is 4.74 Å². The van der Waals surface area contributed by atoms with Gasteiger partial charge in [-0.05, 0) is 23.9 Å². The maximum absolute atomic E-state index is 6.03. The van der Waals surface area contributed by atoms with Crippen LogP contribution in [-0.2, 0) is 6.42 Å². The fourth-order valence-corrected chi connectivity index (χ4v) is 2.64. The van der Waals surface area contributed by atoms with Crippen LogP contribution in [0.5, 0.6) is 5.75 Å². The molecular formula is C9H8BrCl2NO. The fraction of sp³-hybridized carbons (Fsp3) is 0.333. The molecule has 1 aliphatic heterocycles. The molecule has 1 aromatic rings. The summed E-state index contributed by atoms with van der Waals surface area (Å²) >= 11 is 14.8. The molecule has 0 fully saturated rings. The summed E-state index contributed by atoms with van der Waals surface area (Å²) in [5, 5.41) is 0.645. The van der Waals surface area contributed by atoms with Crippen molar-refractivity contribution in [3.05, 3.63) is 27.2 Å². The van der Waals surface area contributed by atoms with Crippen LogP contribution in [0.3, 0.4) is 0 Å². The Kier molecular flexibility index (Phi) is 3.22. The molecule has 1 aromatic carbocycles. The van der Waals surface area contributed by atoms with Crippen LogP contribution in [0.1, 0.15) is 5.56 Å². The van der Waals surface area contributed by atoms with Gasteiger partial charge in [0.05, 0.1) is 5.02 Å². The molecule has 2 nitrogen and oxygen atoms in total. The van der Waals surface area contributed by atoms with Crippen LogP contribution < -0.4 is 9.57 Å². The van der Waals surface area contributed by atoms with Crippen molar-refractivity contribution in [1.82, 2.24) is 4.84 Å². The highest BCUT2D eigenvalue weighted by molar-refractivity contribution is 9.10. The minimum absolute atomic E-state index is 0.0781. The maximum Gasteiger partial charge on any atom is 0.141 e. The monoisotopic (exact) mass is 295 g/mol. The smallest absolute Gasteiger partial charge is 0.141 e. The van der Waals surface area contributed by atoms with Crippen molar-refractivity contribution in [2.75, 3.05) is 6.54 Å². The largest absolute Gasteiger partial charge is 0.487 e. The van der Waals surface area contributed by atoms with Gasteiger partial charge in [0.2, 0.25) is 0 Å². The Morgan fingerprint density at radius 2 is 2.36 bits per heavy atom. The summed E-state index contributed by atoms with van der Waals surface area (Å²) < 4.78 is 6.61. The lowest BCUT2D eigenvalue weighted by molar-refractivity contribution is 0.237. The van der Waals surface area contributed by atoms with Gasteiger partial charge in [-0.15, -0.1) is 0 Å². The highest BCUT2D eigenvalue weighted by atomic mass is 79.9. The van der Waals surface area contributed by atoms with Crippen molar-refractivity contribution >= 4 is 39.3 Å². The normalized spacial score (nSPS) is 19.2. The van der Waals surface area contributed by atoms with Gasteiger partial charge in [-0.2, -0.15) is 0 Å². The van der Waals surface area contributed by atoms with Crippen molar-refractivity contribution in [1.29, 1.82) is 0 Å². The predicted molar refractivity (Wildman–Crippen MR) is 61.1 cm³/mol. The molecule has 1 aliphatic rings. The summed E-state index contributed by atoms with van der Waals surface area (Å²) in [5.74, 6) is 0.784. The summed E-state index contributed by atoms with van der Waals surface area (Å²) in [4.78, 5) is 2.57. The molecule has 0 aliphatic carbocycles. The minimum Gasteiger partial charge on any atom is -0.487 e. The number of hydrogen-bond acceptors (Lipinski definition) is 2. The standard InChI is InChI=1S/C9H8BrCl2NO/c10-6-1-5-2-7(4-13-12)14-9(5)8(11)3-6/h1,3,7,13H,2,4H2. The lowest BCUT2D eigenvalue weighted by Gasteiger charge is -2.08. The molecule has 0 aromatic heterocycles. The topological polar surface area (TPSA) is 21.3 Å². The third kappa shape index (κ3) is 2.01. The van der Waals surface area contributed by atoms with Crippen molar-refractivity contribution in [2.45, 2.75) is 12.5 Å². The first-order chi connectivity index (χ1) is 6.70. The Hall–Kier alpha value is 0.0400. The van der Waals surface area contributed by atoms with Crippen LogP contribution in [0.25, 0.3) is 0 Å². The molecule has 76 valence electrons. The van der Waals surface area contributed by atoms with Crippen LogP contribution in [0.4, 0.5) is 0 Å². The Morgan fingerprint density at radius 1 is 1.57 bits per heavy atom. The van der Waals surface area contributed by atoms with E-state index in [2.05, 4.69) is 20.8 Å². The van der Waals surface area contributed by atoms with Gasteiger partial charge >= 0.3 is 0 Å². The Morgan fingerprint density at radius 3 is 3.07 bits per heavy atom. The Balaban J connectivity index is 2.26. The number of fused-ring (bicyclic) bond motifs is 1. The van der Waals surface area contributed by atoms with E-state index in [4.69, 9.17) is 28.1 Å². The van der Waals surface area contributed by atoms with E-state index in [0.717, 1.165) is 22.2 Å². The number of halogens is 3. The van der Waals surface area contributed by atoms with E-state index in [0.29, 0.717) is 11.6 Å². The SMILES string of the molecule is ClNCC1Cc2cc(Br)cc(Cl)c2O1. The third-order valence-corrected chi connectivity index (χ3v) is 3.02. The molecule has 14 heavy (non-hydrogen) atoms. The van der Waals surface area contributed by atoms with E-state index in [1.165, 1.54) is 0 Å². The summed E-state index contributed by atoms with van der Waals surface area (Å²) in [5.41, 5.74) is 1.13. The number of ether oxygens (including phenoxy) is 1. The van der Waals surface area contributed by atoms with Gasteiger partial charge in [-0.1, -0.05) is 27.5 Å². The predicted octanol–water partition coefficient (Wildman–Crippen LogP) is 3.15. The number of nitrogens with one attached hydrogen (secondary N) is 1. The molecule has 0 bridgehead atoms. The summed E-state index contributed by atoms with van der Waals surface area (Å²) in [7, 11) is 0. The van der Waals surface area contributed by atoms with Gasteiger partial charge in [-0.25, -0.2) is 4.84 Å². The zero-order valence-electron chi connectivity index (χ0n) is 7.19. The zero-order chi connectivity index (χ0) is 10.1. The Labute approximate surface area is 101 Å². The molecular weight excluding hydrogens is 289 g/mol. The molecule has 0 saturated carbocycles. The first-order valence-corrected chi connectivity index (χ1v) is 5.73. The first kappa shape index (κ1) is 10.6. The molecule has 1 N–H and O–H groups in total. The molecule has 0 amide bonds. The lowest BCUT2D eigenvalue weighted by atomic mass is 10.1. The van der Waals surface area contributed by atoms with Gasteiger partial charge in [0.1, 0.15) is 11.9 Å². The number of hydrogen-bond donors (Lipinski definition) is 1. The van der Waals surface area contributed by atoms with E-state index in [9.17, 15) is 0 Å². The molecule has 5 heteroatoms. The van der Waals surface area contributed by atoms with Gasteiger partial charge in [0.15, 0.2) is 0 Å². The second-order valence-corrected chi connectivity index (χ2v) is 4.75. The lowest BCUT2D eigenvalue weighted by Crippen LogP contribution is -2.24. The molecule has 1 atom stereocenters. The van der Waals surface area contributed by atoms with E-state index in [1.54, 1.807) is 0 Å². The third-order valence-electron chi connectivity index (χ3n) is 2.12. The summed E-state index contributed by atoms with van der Waals surface area (Å²) in [6.45, 7) is 0.615. The molecule has 0 radical (unpaired) electrons. The average Bonchev–Trinajstić information content (AvgIpc) is 2.48.